The van der Waals surface area contributed by atoms with E-state index in [2.05, 4.69) is 16.0 Å². The molecular weight excluding hydrogens is 306 g/mol. The van der Waals surface area contributed by atoms with Crippen molar-refractivity contribution in [3.8, 4) is 0 Å². The lowest BCUT2D eigenvalue weighted by molar-refractivity contribution is -0.131. The van der Waals surface area contributed by atoms with Crippen molar-refractivity contribution in [3.63, 3.8) is 0 Å². The van der Waals surface area contributed by atoms with Crippen LogP contribution in [-0.4, -0.2) is 72.3 Å². The van der Waals surface area contributed by atoms with Crippen LogP contribution in [0.25, 0.3) is 0 Å². The van der Waals surface area contributed by atoms with Crippen molar-refractivity contribution in [2.45, 2.75) is 39.0 Å². The molecule has 2 fully saturated rings. The van der Waals surface area contributed by atoms with Gasteiger partial charge in [0.05, 0.1) is 37.5 Å². The molecule has 0 unspecified atom stereocenters. The lowest BCUT2D eigenvalue weighted by Crippen LogP contribution is -2.50. The van der Waals surface area contributed by atoms with Crippen molar-refractivity contribution in [1.82, 2.24) is 14.8 Å². The molecule has 1 amide bonds. The van der Waals surface area contributed by atoms with E-state index >= 15 is 0 Å². The molecule has 0 saturated carbocycles. The molecule has 2 aliphatic rings. The number of nitrogens with zero attached hydrogens (tertiary/aromatic N) is 3. The number of pyridine rings is 1. The van der Waals surface area contributed by atoms with Crippen LogP contribution in [0.15, 0.2) is 18.2 Å². The van der Waals surface area contributed by atoms with E-state index in [9.17, 15) is 4.79 Å². The van der Waals surface area contributed by atoms with E-state index < -0.39 is 0 Å². The largest absolute Gasteiger partial charge is 0.381 e. The minimum absolute atomic E-state index is 0.111. The zero-order valence-electron chi connectivity index (χ0n) is 14.6. The fourth-order valence-electron chi connectivity index (χ4n) is 3.52. The molecule has 1 aromatic heterocycles. The van der Waals surface area contributed by atoms with Gasteiger partial charge in [-0.2, -0.15) is 0 Å². The van der Waals surface area contributed by atoms with Crippen LogP contribution in [0.2, 0.25) is 0 Å². The molecule has 6 nitrogen and oxygen atoms in total. The second-order valence-electron chi connectivity index (χ2n) is 6.46. The number of carbonyl (C=O) groups is 1. The molecular formula is C18H27N3O3. The molecule has 6 heteroatoms. The summed E-state index contributed by atoms with van der Waals surface area (Å²) in [6, 6.07) is 6.39. The van der Waals surface area contributed by atoms with E-state index in [1.807, 2.05) is 30.9 Å². The Morgan fingerprint density at radius 3 is 3.08 bits per heavy atom. The molecule has 0 aliphatic carbocycles. The first-order valence-corrected chi connectivity index (χ1v) is 8.81. The van der Waals surface area contributed by atoms with Gasteiger partial charge < -0.3 is 14.4 Å². The lowest BCUT2D eigenvalue weighted by Gasteiger charge is -2.36. The molecule has 3 heterocycles. The summed E-state index contributed by atoms with van der Waals surface area (Å²) in [6.45, 7) is 8.95. The van der Waals surface area contributed by atoms with Gasteiger partial charge in [0.2, 0.25) is 5.91 Å². The van der Waals surface area contributed by atoms with Gasteiger partial charge in [0.15, 0.2) is 0 Å². The zero-order valence-corrected chi connectivity index (χ0v) is 14.6. The van der Waals surface area contributed by atoms with Gasteiger partial charge in [0.25, 0.3) is 0 Å². The predicted octanol–water partition coefficient (Wildman–Crippen LogP) is 1.23. The van der Waals surface area contributed by atoms with Gasteiger partial charge in [-0.25, -0.2) is 0 Å². The highest BCUT2D eigenvalue weighted by Crippen LogP contribution is 2.24. The minimum Gasteiger partial charge on any atom is -0.381 e. The zero-order chi connectivity index (χ0) is 16.9. The predicted molar refractivity (Wildman–Crippen MR) is 90.6 cm³/mol. The van der Waals surface area contributed by atoms with E-state index in [0.29, 0.717) is 32.8 Å². The van der Waals surface area contributed by atoms with Crippen LogP contribution in [-0.2, 0) is 20.8 Å². The number of morpholine rings is 1. The smallest absolute Gasteiger partial charge is 0.225 e. The van der Waals surface area contributed by atoms with Crippen LogP contribution in [0.3, 0.4) is 0 Å². The Morgan fingerprint density at radius 2 is 2.29 bits per heavy atom. The fourth-order valence-corrected chi connectivity index (χ4v) is 3.52. The van der Waals surface area contributed by atoms with Crippen molar-refractivity contribution in [1.29, 1.82) is 0 Å². The lowest BCUT2D eigenvalue weighted by atomic mass is 10.1. The van der Waals surface area contributed by atoms with Gasteiger partial charge in [0, 0.05) is 38.5 Å². The van der Waals surface area contributed by atoms with Crippen LogP contribution >= 0.6 is 0 Å². The van der Waals surface area contributed by atoms with Gasteiger partial charge in [0.1, 0.15) is 0 Å². The summed E-state index contributed by atoms with van der Waals surface area (Å²) < 4.78 is 11.2. The Balaban J connectivity index is 1.59. The van der Waals surface area contributed by atoms with Crippen molar-refractivity contribution in [2.75, 3.05) is 39.5 Å². The molecule has 2 saturated heterocycles. The first kappa shape index (κ1) is 17.3. The third kappa shape index (κ3) is 4.12. The van der Waals surface area contributed by atoms with Gasteiger partial charge in [-0.05, 0) is 26.0 Å². The number of hydrogen-bond acceptors (Lipinski definition) is 5. The molecule has 0 N–H and O–H groups in total. The molecule has 0 aromatic carbocycles. The summed E-state index contributed by atoms with van der Waals surface area (Å²) >= 11 is 0. The van der Waals surface area contributed by atoms with Crippen molar-refractivity contribution in [2.24, 2.45) is 0 Å². The monoisotopic (exact) mass is 333 g/mol. The Labute approximate surface area is 143 Å². The molecule has 0 spiro atoms. The van der Waals surface area contributed by atoms with Gasteiger partial charge in [-0.1, -0.05) is 6.07 Å². The van der Waals surface area contributed by atoms with E-state index in [1.54, 1.807) is 0 Å². The number of ether oxygens (including phenoxy) is 2. The molecule has 0 bridgehead atoms. The summed E-state index contributed by atoms with van der Waals surface area (Å²) in [5.74, 6) is 0.162. The Bertz CT molecular complexity index is 566. The SMILES string of the molecule is CCOCCC(=O)N1C[C@@H]2OCCN(Cc3cccc(C)n3)[C@H]2C1. The fraction of sp³-hybridized carbons (Fsp3) is 0.667. The van der Waals surface area contributed by atoms with Crippen molar-refractivity contribution < 1.29 is 14.3 Å². The summed E-state index contributed by atoms with van der Waals surface area (Å²) in [5.41, 5.74) is 2.12. The highest BCUT2D eigenvalue weighted by molar-refractivity contribution is 5.76. The maximum absolute atomic E-state index is 12.3. The summed E-state index contributed by atoms with van der Waals surface area (Å²) in [5, 5.41) is 0. The van der Waals surface area contributed by atoms with Crippen molar-refractivity contribution in [3.05, 3.63) is 29.6 Å². The molecule has 24 heavy (non-hydrogen) atoms. The molecule has 132 valence electrons. The number of fused-ring (bicyclic) bond motifs is 1. The highest BCUT2D eigenvalue weighted by Gasteiger charge is 2.41. The number of carbonyl (C=O) groups excluding carboxylic acids is 1. The number of aromatic nitrogens is 1. The van der Waals surface area contributed by atoms with Crippen LogP contribution < -0.4 is 0 Å². The molecule has 2 aliphatic heterocycles. The maximum Gasteiger partial charge on any atom is 0.225 e. The third-order valence-electron chi connectivity index (χ3n) is 4.74. The van der Waals surface area contributed by atoms with E-state index in [1.165, 1.54) is 0 Å². The first-order valence-electron chi connectivity index (χ1n) is 8.81. The quantitative estimate of drug-likeness (QED) is 0.733. The Morgan fingerprint density at radius 1 is 1.42 bits per heavy atom. The van der Waals surface area contributed by atoms with Crippen LogP contribution in [0.4, 0.5) is 0 Å². The first-order chi connectivity index (χ1) is 11.7. The van der Waals surface area contributed by atoms with Crippen molar-refractivity contribution >= 4 is 5.91 Å². The summed E-state index contributed by atoms with van der Waals surface area (Å²) in [6.07, 6.45) is 0.562. The standard InChI is InChI=1S/C18H27N3O3/c1-3-23-9-7-18(22)21-12-16-17(13-21)24-10-8-20(16)11-15-6-4-5-14(2)19-15/h4-6,16-17H,3,7-13H2,1-2H3/t16-,17-/m0/s1. The summed E-state index contributed by atoms with van der Waals surface area (Å²) in [7, 11) is 0. The third-order valence-corrected chi connectivity index (χ3v) is 4.74. The normalized spacial score (nSPS) is 24.2. The topological polar surface area (TPSA) is 54.9 Å². The number of likely N-dealkylation sites (tertiary alicyclic amines) is 1. The van der Waals surface area contributed by atoms with Crippen LogP contribution in [0.5, 0.6) is 0 Å². The second kappa shape index (κ2) is 8.05. The second-order valence-corrected chi connectivity index (χ2v) is 6.46. The van der Waals surface area contributed by atoms with Gasteiger partial charge in [-0.3, -0.25) is 14.7 Å². The van der Waals surface area contributed by atoms with E-state index in [-0.39, 0.29) is 18.1 Å². The van der Waals surface area contributed by atoms with E-state index in [4.69, 9.17) is 9.47 Å². The Kier molecular flexibility index (Phi) is 5.81. The molecule has 2 atom stereocenters. The van der Waals surface area contributed by atoms with Gasteiger partial charge in [-0.15, -0.1) is 0 Å². The highest BCUT2D eigenvalue weighted by atomic mass is 16.5. The average molecular weight is 333 g/mol. The molecule has 3 rings (SSSR count). The Hall–Kier alpha value is -1.50. The van der Waals surface area contributed by atoms with Crippen LogP contribution in [0.1, 0.15) is 24.7 Å². The number of amides is 1. The maximum atomic E-state index is 12.3. The van der Waals surface area contributed by atoms with Crippen LogP contribution in [0, 0.1) is 6.92 Å². The summed E-state index contributed by atoms with van der Waals surface area (Å²) in [4.78, 5) is 21.3. The molecule has 1 aromatic rings. The number of rotatable bonds is 6. The van der Waals surface area contributed by atoms with E-state index in [0.717, 1.165) is 31.0 Å². The number of aryl methyl sites for hydroxylation is 1. The minimum atomic E-state index is 0.111. The average Bonchev–Trinajstić information content (AvgIpc) is 3.00. The number of hydrogen-bond donors (Lipinski definition) is 0. The van der Waals surface area contributed by atoms with Gasteiger partial charge >= 0.3 is 0 Å². The molecule has 0 radical (unpaired) electrons.